The van der Waals surface area contributed by atoms with Crippen molar-refractivity contribution < 1.29 is 4.74 Å². The van der Waals surface area contributed by atoms with Gasteiger partial charge in [-0.1, -0.05) is 34.8 Å². The van der Waals surface area contributed by atoms with Gasteiger partial charge in [0.15, 0.2) is 0 Å². The number of benzene rings is 2. The minimum Gasteiger partial charge on any atom is -0.495 e. The summed E-state index contributed by atoms with van der Waals surface area (Å²) < 4.78 is 5.11. The van der Waals surface area contributed by atoms with Gasteiger partial charge in [0.1, 0.15) is 5.75 Å². The summed E-state index contributed by atoms with van der Waals surface area (Å²) in [7, 11) is 1.59. The molecule has 0 saturated carbocycles. The van der Waals surface area contributed by atoms with Crippen molar-refractivity contribution in [1.29, 1.82) is 0 Å². The summed E-state index contributed by atoms with van der Waals surface area (Å²) in [6, 6.07) is 10.9. The lowest BCUT2D eigenvalue weighted by Crippen LogP contribution is -2.13. The number of hydrogen-bond donors (Lipinski definition) is 2. The van der Waals surface area contributed by atoms with Gasteiger partial charge in [-0.05, 0) is 36.4 Å². The van der Waals surface area contributed by atoms with E-state index in [1.807, 2.05) is 18.2 Å². The Kier molecular flexibility index (Phi) is 5.85. The van der Waals surface area contributed by atoms with Crippen LogP contribution in [0.4, 0.5) is 11.4 Å². The van der Waals surface area contributed by atoms with Crippen molar-refractivity contribution >= 4 is 46.2 Å². The summed E-state index contributed by atoms with van der Waals surface area (Å²) >= 11 is 18.1. The quantitative estimate of drug-likeness (QED) is 0.708. The van der Waals surface area contributed by atoms with Gasteiger partial charge in [0.2, 0.25) is 0 Å². The molecule has 21 heavy (non-hydrogen) atoms. The molecule has 0 atom stereocenters. The monoisotopic (exact) mass is 344 g/mol. The zero-order valence-electron chi connectivity index (χ0n) is 11.4. The summed E-state index contributed by atoms with van der Waals surface area (Å²) in [5.74, 6) is 0.658. The largest absolute Gasteiger partial charge is 0.495 e. The molecular weight excluding hydrogens is 331 g/mol. The molecule has 2 rings (SSSR count). The Labute approximate surface area is 139 Å². The maximum atomic E-state index is 6.07. The van der Waals surface area contributed by atoms with Gasteiger partial charge >= 0.3 is 0 Å². The molecule has 0 spiro atoms. The van der Waals surface area contributed by atoms with E-state index in [1.54, 1.807) is 25.3 Å². The zero-order chi connectivity index (χ0) is 15.2. The molecule has 3 nitrogen and oxygen atoms in total. The van der Waals surface area contributed by atoms with Gasteiger partial charge in [-0.3, -0.25) is 0 Å². The highest BCUT2D eigenvalue weighted by molar-refractivity contribution is 6.35. The standard InChI is InChI=1S/C15H15Cl3N2O/c1-21-15-5-3-11(9-13(15)18)19-6-7-20-14-8-10(16)2-4-12(14)17/h2-5,8-9,19-20H,6-7H2,1H3. The van der Waals surface area contributed by atoms with Crippen molar-refractivity contribution in [3.63, 3.8) is 0 Å². The van der Waals surface area contributed by atoms with E-state index in [2.05, 4.69) is 10.6 Å². The number of nitrogens with one attached hydrogen (secondary N) is 2. The van der Waals surface area contributed by atoms with Crippen LogP contribution >= 0.6 is 34.8 Å². The number of hydrogen-bond acceptors (Lipinski definition) is 3. The van der Waals surface area contributed by atoms with Crippen molar-refractivity contribution in [2.45, 2.75) is 0 Å². The predicted molar refractivity (Wildman–Crippen MR) is 91.4 cm³/mol. The Balaban J connectivity index is 1.84. The molecule has 0 bridgehead atoms. The Morgan fingerprint density at radius 2 is 1.67 bits per heavy atom. The average molecular weight is 346 g/mol. The van der Waals surface area contributed by atoms with Crippen molar-refractivity contribution in [2.75, 3.05) is 30.8 Å². The molecular formula is C15H15Cl3N2O. The molecule has 0 fully saturated rings. The fourth-order valence-electron chi connectivity index (χ4n) is 1.81. The van der Waals surface area contributed by atoms with E-state index in [-0.39, 0.29) is 0 Å². The Morgan fingerprint density at radius 3 is 2.38 bits per heavy atom. The maximum absolute atomic E-state index is 6.07. The van der Waals surface area contributed by atoms with E-state index in [0.717, 1.165) is 11.4 Å². The first kappa shape index (κ1) is 16.1. The number of rotatable bonds is 6. The van der Waals surface area contributed by atoms with Crippen molar-refractivity contribution in [3.8, 4) is 5.75 Å². The predicted octanol–water partition coefficient (Wildman–Crippen LogP) is 5.18. The van der Waals surface area contributed by atoms with Crippen LogP contribution in [0.25, 0.3) is 0 Å². The Bertz CT molecular complexity index is 620. The third-order valence-corrected chi connectivity index (χ3v) is 3.71. The van der Waals surface area contributed by atoms with E-state index in [9.17, 15) is 0 Å². The first-order valence-corrected chi connectivity index (χ1v) is 7.50. The first-order valence-electron chi connectivity index (χ1n) is 6.36. The number of anilines is 2. The minimum atomic E-state index is 0.577. The molecule has 6 heteroatoms. The summed E-state index contributed by atoms with van der Waals surface area (Å²) in [6.07, 6.45) is 0. The number of halogens is 3. The third kappa shape index (κ3) is 4.60. The highest BCUT2D eigenvalue weighted by Gasteiger charge is 2.02. The molecule has 0 saturated heterocycles. The van der Waals surface area contributed by atoms with E-state index in [1.165, 1.54) is 0 Å². The topological polar surface area (TPSA) is 33.3 Å². The Hall–Kier alpha value is -1.29. The van der Waals surface area contributed by atoms with Crippen LogP contribution in [0.2, 0.25) is 15.1 Å². The molecule has 0 aliphatic rings. The van der Waals surface area contributed by atoms with Gasteiger partial charge in [-0.2, -0.15) is 0 Å². The van der Waals surface area contributed by atoms with Gasteiger partial charge < -0.3 is 15.4 Å². The van der Waals surface area contributed by atoms with E-state index < -0.39 is 0 Å². The second kappa shape index (κ2) is 7.64. The van der Waals surface area contributed by atoms with Crippen LogP contribution < -0.4 is 15.4 Å². The molecule has 2 aromatic carbocycles. The second-order valence-corrected chi connectivity index (χ2v) is 5.58. The maximum Gasteiger partial charge on any atom is 0.137 e. The van der Waals surface area contributed by atoms with E-state index in [0.29, 0.717) is 33.9 Å². The summed E-state index contributed by atoms with van der Waals surface area (Å²) in [4.78, 5) is 0. The molecule has 0 aliphatic carbocycles. The van der Waals surface area contributed by atoms with Gasteiger partial charge in [0.05, 0.1) is 22.8 Å². The fourth-order valence-corrected chi connectivity index (χ4v) is 2.43. The highest BCUT2D eigenvalue weighted by Crippen LogP contribution is 2.27. The molecule has 2 N–H and O–H groups in total. The minimum absolute atomic E-state index is 0.577. The first-order chi connectivity index (χ1) is 10.1. The van der Waals surface area contributed by atoms with Crippen LogP contribution in [0.15, 0.2) is 36.4 Å². The van der Waals surface area contributed by atoms with Crippen LogP contribution in [0.3, 0.4) is 0 Å². The Morgan fingerprint density at radius 1 is 0.905 bits per heavy atom. The molecule has 112 valence electrons. The third-order valence-electron chi connectivity index (χ3n) is 2.85. The van der Waals surface area contributed by atoms with Crippen molar-refractivity contribution in [1.82, 2.24) is 0 Å². The molecule has 0 aromatic heterocycles. The fraction of sp³-hybridized carbons (Fsp3) is 0.200. The average Bonchev–Trinajstić information content (AvgIpc) is 2.47. The van der Waals surface area contributed by atoms with Crippen LogP contribution in [0.1, 0.15) is 0 Å². The summed E-state index contributed by atoms with van der Waals surface area (Å²) in [5.41, 5.74) is 1.75. The lowest BCUT2D eigenvalue weighted by molar-refractivity contribution is 0.415. The van der Waals surface area contributed by atoms with Crippen LogP contribution in [-0.2, 0) is 0 Å². The smallest absolute Gasteiger partial charge is 0.137 e. The van der Waals surface area contributed by atoms with Gasteiger partial charge in [0, 0.05) is 23.8 Å². The molecule has 0 heterocycles. The lowest BCUT2D eigenvalue weighted by Gasteiger charge is -2.11. The normalized spacial score (nSPS) is 10.3. The molecule has 0 radical (unpaired) electrons. The van der Waals surface area contributed by atoms with Crippen LogP contribution in [0, 0.1) is 0 Å². The summed E-state index contributed by atoms with van der Waals surface area (Å²) in [6.45, 7) is 1.41. The molecule has 2 aromatic rings. The van der Waals surface area contributed by atoms with Gasteiger partial charge in [0.25, 0.3) is 0 Å². The SMILES string of the molecule is COc1ccc(NCCNc2cc(Cl)ccc2Cl)cc1Cl. The molecule has 0 unspecified atom stereocenters. The second-order valence-electron chi connectivity index (χ2n) is 4.33. The molecule has 0 aliphatic heterocycles. The van der Waals surface area contributed by atoms with Crippen molar-refractivity contribution in [3.05, 3.63) is 51.5 Å². The van der Waals surface area contributed by atoms with Gasteiger partial charge in [-0.15, -0.1) is 0 Å². The van der Waals surface area contributed by atoms with E-state index >= 15 is 0 Å². The summed E-state index contributed by atoms with van der Waals surface area (Å²) in [5, 5.41) is 8.36. The van der Waals surface area contributed by atoms with E-state index in [4.69, 9.17) is 39.5 Å². The van der Waals surface area contributed by atoms with Gasteiger partial charge in [-0.25, -0.2) is 0 Å². The number of methoxy groups -OCH3 is 1. The van der Waals surface area contributed by atoms with Crippen LogP contribution in [0.5, 0.6) is 5.75 Å². The highest BCUT2D eigenvalue weighted by atomic mass is 35.5. The van der Waals surface area contributed by atoms with Crippen molar-refractivity contribution in [2.24, 2.45) is 0 Å². The lowest BCUT2D eigenvalue weighted by atomic mass is 10.3. The zero-order valence-corrected chi connectivity index (χ0v) is 13.7. The number of ether oxygens (including phenoxy) is 1. The van der Waals surface area contributed by atoms with Crippen LogP contribution in [-0.4, -0.2) is 20.2 Å². The molecule has 0 amide bonds.